The second kappa shape index (κ2) is 7.87. The van der Waals surface area contributed by atoms with Crippen LogP contribution in [0, 0.1) is 11.8 Å². The van der Waals surface area contributed by atoms with Gasteiger partial charge < -0.3 is 15.3 Å². The van der Waals surface area contributed by atoms with Crippen molar-refractivity contribution in [2.75, 3.05) is 13.1 Å². The van der Waals surface area contributed by atoms with Gasteiger partial charge in [0.1, 0.15) is 12.7 Å². The fraction of sp³-hybridized carbons (Fsp3) is 0.412. The highest BCUT2D eigenvalue weighted by molar-refractivity contribution is 5.77. The zero-order valence-corrected chi connectivity index (χ0v) is 14.6. The Morgan fingerprint density at radius 2 is 1.93 bits per heavy atom. The number of carbonyl (C=O) groups excluding carboxylic acids is 1. The zero-order valence-electron chi connectivity index (χ0n) is 14.6. The lowest BCUT2D eigenvalue weighted by atomic mass is 9.96. The van der Waals surface area contributed by atoms with E-state index in [9.17, 15) is 22.8 Å². The summed E-state index contributed by atoms with van der Waals surface area (Å²) in [6.07, 6.45) is -1.74. The number of aromatic nitrogens is 3. The molecule has 1 fully saturated rings. The quantitative estimate of drug-likeness (QED) is 0.801. The van der Waals surface area contributed by atoms with E-state index >= 15 is 0 Å². The van der Waals surface area contributed by atoms with Gasteiger partial charge in [-0.25, -0.2) is 14.5 Å². The van der Waals surface area contributed by atoms with E-state index in [0.29, 0.717) is 6.54 Å². The normalized spacial score (nSPS) is 19.6. The van der Waals surface area contributed by atoms with Crippen molar-refractivity contribution < 1.29 is 27.9 Å². The number of rotatable bonds is 5. The van der Waals surface area contributed by atoms with Crippen LogP contribution in [0.4, 0.5) is 18.0 Å². The van der Waals surface area contributed by atoms with E-state index in [1.54, 1.807) is 23.1 Å². The molecule has 0 radical (unpaired) electrons. The Labute approximate surface area is 158 Å². The van der Waals surface area contributed by atoms with Crippen LogP contribution in [0.25, 0.3) is 0 Å². The third-order valence-corrected chi connectivity index (χ3v) is 4.69. The second-order valence-electron chi connectivity index (χ2n) is 6.52. The Balaban J connectivity index is 1.64. The molecule has 2 amide bonds. The van der Waals surface area contributed by atoms with E-state index in [4.69, 9.17) is 5.11 Å². The molecule has 1 aromatic carbocycles. The number of hydrogen-bond acceptors (Lipinski definition) is 4. The fourth-order valence-electron chi connectivity index (χ4n) is 3.21. The van der Waals surface area contributed by atoms with Gasteiger partial charge in [0.25, 0.3) is 0 Å². The number of urea groups is 1. The van der Waals surface area contributed by atoms with Gasteiger partial charge >= 0.3 is 18.2 Å². The topological polar surface area (TPSA) is 100 Å². The van der Waals surface area contributed by atoms with Crippen molar-refractivity contribution in [1.29, 1.82) is 0 Å². The average molecular weight is 397 g/mol. The molecule has 1 aliphatic heterocycles. The Morgan fingerprint density at radius 1 is 1.21 bits per heavy atom. The van der Waals surface area contributed by atoms with E-state index < -0.39 is 43.1 Å². The average Bonchev–Trinajstić information content (AvgIpc) is 3.30. The predicted octanol–water partition coefficient (Wildman–Crippen LogP) is 1.73. The van der Waals surface area contributed by atoms with Crippen molar-refractivity contribution in [3.63, 3.8) is 0 Å². The van der Waals surface area contributed by atoms with Crippen molar-refractivity contribution in [3.8, 4) is 0 Å². The first-order valence-electron chi connectivity index (χ1n) is 8.47. The maximum absolute atomic E-state index is 13.1. The zero-order chi connectivity index (χ0) is 20.3. The minimum absolute atomic E-state index is 0.0919. The van der Waals surface area contributed by atoms with Gasteiger partial charge in [0.15, 0.2) is 0 Å². The van der Waals surface area contributed by atoms with Gasteiger partial charge in [0.05, 0.1) is 18.4 Å². The lowest BCUT2D eigenvalue weighted by Crippen LogP contribution is -2.39. The molecular formula is C17H18F3N5O3. The SMILES string of the molecule is O=C(O)[C@@H]1CN(C(=O)NCc2ccccc2Cn2cncn2)C[C@H]1C(F)(F)F. The first-order chi connectivity index (χ1) is 13.3. The van der Waals surface area contributed by atoms with E-state index in [0.717, 1.165) is 16.0 Å². The number of aliphatic carboxylic acids is 1. The van der Waals surface area contributed by atoms with Crippen LogP contribution in [0.15, 0.2) is 36.9 Å². The number of halogens is 3. The van der Waals surface area contributed by atoms with Crippen LogP contribution in [0.3, 0.4) is 0 Å². The van der Waals surface area contributed by atoms with Crippen molar-refractivity contribution in [1.82, 2.24) is 25.0 Å². The van der Waals surface area contributed by atoms with Gasteiger partial charge in [-0.3, -0.25) is 4.79 Å². The van der Waals surface area contributed by atoms with E-state index in [1.165, 1.54) is 6.33 Å². The number of likely N-dealkylation sites (tertiary alicyclic amines) is 1. The molecule has 2 atom stereocenters. The monoisotopic (exact) mass is 397 g/mol. The summed E-state index contributed by atoms with van der Waals surface area (Å²) in [7, 11) is 0. The first-order valence-corrected chi connectivity index (χ1v) is 8.47. The summed E-state index contributed by atoms with van der Waals surface area (Å²) in [5.74, 6) is -5.29. The number of carbonyl (C=O) groups is 2. The van der Waals surface area contributed by atoms with Crippen molar-refractivity contribution >= 4 is 12.0 Å². The van der Waals surface area contributed by atoms with Crippen molar-refractivity contribution in [3.05, 3.63) is 48.0 Å². The molecule has 8 nitrogen and oxygen atoms in total. The molecule has 0 spiro atoms. The number of benzene rings is 1. The largest absolute Gasteiger partial charge is 0.481 e. The number of alkyl halides is 3. The number of nitrogens with zero attached hydrogens (tertiary/aromatic N) is 4. The van der Waals surface area contributed by atoms with Crippen LogP contribution in [0.1, 0.15) is 11.1 Å². The Morgan fingerprint density at radius 3 is 2.50 bits per heavy atom. The molecule has 0 aliphatic carbocycles. The summed E-state index contributed by atoms with van der Waals surface area (Å²) in [6, 6.07) is 6.51. The third-order valence-electron chi connectivity index (χ3n) is 4.69. The number of hydrogen-bond donors (Lipinski definition) is 2. The van der Waals surface area contributed by atoms with Crippen LogP contribution < -0.4 is 5.32 Å². The molecule has 0 unspecified atom stereocenters. The lowest BCUT2D eigenvalue weighted by molar-refractivity contribution is -0.187. The van der Waals surface area contributed by atoms with Crippen LogP contribution >= 0.6 is 0 Å². The maximum Gasteiger partial charge on any atom is 0.394 e. The predicted molar refractivity (Wildman–Crippen MR) is 90.0 cm³/mol. The molecule has 0 saturated carbocycles. The van der Waals surface area contributed by atoms with Gasteiger partial charge in [0.2, 0.25) is 0 Å². The summed E-state index contributed by atoms with van der Waals surface area (Å²) >= 11 is 0. The molecule has 3 rings (SSSR count). The van der Waals surface area contributed by atoms with E-state index in [-0.39, 0.29) is 6.54 Å². The minimum Gasteiger partial charge on any atom is -0.481 e. The van der Waals surface area contributed by atoms with Crippen molar-refractivity contribution in [2.45, 2.75) is 19.3 Å². The highest BCUT2D eigenvalue weighted by atomic mass is 19.4. The van der Waals surface area contributed by atoms with Gasteiger partial charge in [-0.1, -0.05) is 24.3 Å². The van der Waals surface area contributed by atoms with Crippen LogP contribution in [0.2, 0.25) is 0 Å². The van der Waals surface area contributed by atoms with Crippen LogP contribution in [0.5, 0.6) is 0 Å². The van der Waals surface area contributed by atoms with Gasteiger partial charge in [0, 0.05) is 19.6 Å². The number of nitrogens with one attached hydrogen (secondary N) is 1. The Bertz CT molecular complexity index is 841. The maximum atomic E-state index is 13.1. The molecule has 0 bridgehead atoms. The van der Waals surface area contributed by atoms with Crippen molar-refractivity contribution in [2.24, 2.45) is 11.8 Å². The van der Waals surface area contributed by atoms with E-state index in [2.05, 4.69) is 15.4 Å². The third kappa shape index (κ3) is 4.41. The van der Waals surface area contributed by atoms with Crippen LogP contribution in [-0.2, 0) is 17.9 Å². The molecule has 1 aliphatic rings. The number of carboxylic acid groups (broad SMARTS) is 1. The Hall–Kier alpha value is -3.11. The molecular weight excluding hydrogens is 379 g/mol. The fourth-order valence-corrected chi connectivity index (χ4v) is 3.21. The summed E-state index contributed by atoms with van der Waals surface area (Å²) in [4.78, 5) is 28.2. The van der Waals surface area contributed by atoms with E-state index in [1.807, 2.05) is 12.1 Å². The summed E-state index contributed by atoms with van der Waals surface area (Å²) in [6.45, 7) is -0.638. The van der Waals surface area contributed by atoms with Gasteiger partial charge in [-0.05, 0) is 11.1 Å². The summed E-state index contributed by atoms with van der Waals surface area (Å²) < 4.78 is 40.8. The molecule has 2 N–H and O–H groups in total. The lowest BCUT2D eigenvalue weighted by Gasteiger charge is -2.19. The molecule has 2 aromatic rings. The second-order valence-corrected chi connectivity index (χ2v) is 6.52. The first kappa shape index (κ1) is 19.6. The molecule has 1 saturated heterocycles. The standard InChI is InChI=1S/C17H18F3N5O3/c18-17(19,20)14-8-24(7-13(14)15(26)27)16(28)22-5-11-3-1-2-4-12(11)6-25-10-21-9-23-25/h1-4,9-10,13-14H,5-8H2,(H,22,28)(H,26,27)/t13-,14-/m1/s1. The van der Waals surface area contributed by atoms with Crippen LogP contribution in [-0.4, -0.2) is 56.0 Å². The summed E-state index contributed by atoms with van der Waals surface area (Å²) in [5, 5.41) is 15.6. The smallest absolute Gasteiger partial charge is 0.394 e. The molecule has 1 aromatic heterocycles. The highest BCUT2D eigenvalue weighted by Crippen LogP contribution is 2.37. The molecule has 28 heavy (non-hydrogen) atoms. The Kier molecular flexibility index (Phi) is 5.52. The van der Waals surface area contributed by atoms with Gasteiger partial charge in [-0.15, -0.1) is 0 Å². The molecule has 2 heterocycles. The number of amides is 2. The minimum atomic E-state index is -4.68. The van der Waals surface area contributed by atoms with Gasteiger partial charge in [-0.2, -0.15) is 18.3 Å². The molecule has 150 valence electrons. The summed E-state index contributed by atoms with van der Waals surface area (Å²) in [5.41, 5.74) is 1.64. The highest BCUT2D eigenvalue weighted by Gasteiger charge is 2.53. The molecule has 11 heteroatoms. The number of carboxylic acids is 1.